The van der Waals surface area contributed by atoms with Crippen molar-refractivity contribution in [2.24, 2.45) is 0 Å². The summed E-state index contributed by atoms with van der Waals surface area (Å²) in [6.45, 7) is 11.8. The minimum absolute atomic E-state index is 0.0756. The van der Waals surface area contributed by atoms with Gasteiger partial charge in [-0.1, -0.05) is 6.92 Å². The van der Waals surface area contributed by atoms with E-state index in [0.29, 0.717) is 6.61 Å². The van der Waals surface area contributed by atoms with Crippen molar-refractivity contribution in [2.75, 3.05) is 13.2 Å². The minimum Gasteiger partial charge on any atom is -0.374 e. The van der Waals surface area contributed by atoms with Crippen LogP contribution in [0.3, 0.4) is 0 Å². The van der Waals surface area contributed by atoms with Crippen molar-refractivity contribution in [3.63, 3.8) is 0 Å². The van der Waals surface area contributed by atoms with Crippen molar-refractivity contribution in [3.8, 4) is 0 Å². The second-order valence-electron chi connectivity index (χ2n) is 5.18. The van der Waals surface area contributed by atoms with E-state index in [9.17, 15) is 0 Å². The first-order valence-corrected chi connectivity index (χ1v) is 6.38. The van der Waals surface area contributed by atoms with Gasteiger partial charge in [0.2, 0.25) is 0 Å². The second-order valence-corrected chi connectivity index (χ2v) is 5.18. The van der Waals surface area contributed by atoms with Crippen LogP contribution in [0.4, 0.5) is 0 Å². The molecule has 0 saturated carbocycles. The molecule has 0 saturated heterocycles. The van der Waals surface area contributed by atoms with Crippen molar-refractivity contribution in [3.05, 3.63) is 18.0 Å². The molecule has 0 aliphatic carbocycles. The van der Waals surface area contributed by atoms with Crippen molar-refractivity contribution >= 4 is 0 Å². The van der Waals surface area contributed by atoms with Gasteiger partial charge in [-0.3, -0.25) is 4.68 Å². The highest BCUT2D eigenvalue weighted by Gasteiger charge is 2.10. The molecule has 0 bridgehead atoms. The Kier molecular flexibility index (Phi) is 5.65. The summed E-state index contributed by atoms with van der Waals surface area (Å²) in [4.78, 5) is 0. The van der Waals surface area contributed by atoms with Crippen LogP contribution in [0.15, 0.2) is 12.3 Å². The summed E-state index contributed by atoms with van der Waals surface area (Å²) in [5, 5.41) is 7.69. The lowest BCUT2D eigenvalue weighted by atomic mass is 10.2. The molecule has 1 rings (SSSR count). The maximum atomic E-state index is 5.70. The van der Waals surface area contributed by atoms with E-state index in [2.05, 4.69) is 44.2 Å². The Labute approximate surface area is 104 Å². The van der Waals surface area contributed by atoms with E-state index < -0.39 is 0 Å². The van der Waals surface area contributed by atoms with Gasteiger partial charge in [0.25, 0.3) is 0 Å². The van der Waals surface area contributed by atoms with Crippen molar-refractivity contribution in [1.29, 1.82) is 0 Å². The number of rotatable bonds is 7. The average molecular weight is 239 g/mol. The Hall–Kier alpha value is -0.870. The van der Waals surface area contributed by atoms with Gasteiger partial charge >= 0.3 is 0 Å². The lowest BCUT2D eigenvalue weighted by molar-refractivity contribution is -0.00817. The molecule has 4 heteroatoms. The van der Waals surface area contributed by atoms with E-state index in [1.807, 2.05) is 10.9 Å². The van der Waals surface area contributed by atoms with Crippen molar-refractivity contribution in [2.45, 2.75) is 52.8 Å². The monoisotopic (exact) mass is 239 g/mol. The maximum absolute atomic E-state index is 5.70. The molecule has 98 valence electrons. The molecule has 1 heterocycles. The Morgan fingerprint density at radius 1 is 1.41 bits per heavy atom. The SMILES string of the molecule is CCCNCc1ccnn1CCOC(C)(C)C. The topological polar surface area (TPSA) is 39.1 Å². The number of hydrogen-bond donors (Lipinski definition) is 1. The highest BCUT2D eigenvalue weighted by molar-refractivity contribution is 4.99. The molecule has 4 nitrogen and oxygen atoms in total. The van der Waals surface area contributed by atoms with E-state index in [0.717, 1.165) is 26.1 Å². The molecule has 0 atom stereocenters. The van der Waals surface area contributed by atoms with Gasteiger partial charge in [-0.15, -0.1) is 0 Å². The van der Waals surface area contributed by atoms with Gasteiger partial charge in [0, 0.05) is 12.7 Å². The van der Waals surface area contributed by atoms with Crippen LogP contribution in [-0.4, -0.2) is 28.5 Å². The Morgan fingerprint density at radius 3 is 2.82 bits per heavy atom. The fourth-order valence-electron chi connectivity index (χ4n) is 1.54. The predicted molar refractivity (Wildman–Crippen MR) is 69.9 cm³/mol. The van der Waals surface area contributed by atoms with Crippen LogP contribution in [0.5, 0.6) is 0 Å². The van der Waals surface area contributed by atoms with Crippen LogP contribution in [0.1, 0.15) is 39.8 Å². The third-order valence-corrected chi connectivity index (χ3v) is 2.38. The summed E-state index contributed by atoms with van der Waals surface area (Å²) < 4.78 is 7.71. The number of nitrogens with one attached hydrogen (secondary N) is 1. The van der Waals surface area contributed by atoms with Crippen LogP contribution in [0, 0.1) is 0 Å². The Morgan fingerprint density at radius 2 is 2.18 bits per heavy atom. The summed E-state index contributed by atoms with van der Waals surface area (Å²) in [5.74, 6) is 0. The zero-order valence-corrected chi connectivity index (χ0v) is 11.5. The first-order valence-electron chi connectivity index (χ1n) is 6.38. The minimum atomic E-state index is -0.0756. The maximum Gasteiger partial charge on any atom is 0.0669 e. The van der Waals surface area contributed by atoms with Gasteiger partial charge in [-0.25, -0.2) is 0 Å². The van der Waals surface area contributed by atoms with E-state index in [1.165, 1.54) is 5.69 Å². The summed E-state index contributed by atoms with van der Waals surface area (Å²) in [6, 6.07) is 2.06. The third kappa shape index (κ3) is 5.84. The van der Waals surface area contributed by atoms with E-state index in [1.54, 1.807) is 0 Å². The van der Waals surface area contributed by atoms with Gasteiger partial charge in [0.05, 0.1) is 24.4 Å². The van der Waals surface area contributed by atoms with Crippen LogP contribution in [-0.2, 0) is 17.8 Å². The highest BCUT2D eigenvalue weighted by atomic mass is 16.5. The molecule has 0 spiro atoms. The highest BCUT2D eigenvalue weighted by Crippen LogP contribution is 2.07. The largest absolute Gasteiger partial charge is 0.374 e. The van der Waals surface area contributed by atoms with Crippen molar-refractivity contribution in [1.82, 2.24) is 15.1 Å². The molecular weight excluding hydrogens is 214 g/mol. The summed E-state index contributed by atoms with van der Waals surface area (Å²) in [7, 11) is 0. The number of aromatic nitrogens is 2. The normalized spacial score (nSPS) is 12.0. The molecule has 1 aromatic rings. The fourth-order valence-corrected chi connectivity index (χ4v) is 1.54. The number of nitrogens with zero attached hydrogens (tertiary/aromatic N) is 2. The first kappa shape index (κ1) is 14.2. The quantitative estimate of drug-likeness (QED) is 0.741. The van der Waals surface area contributed by atoms with Crippen LogP contribution < -0.4 is 5.32 Å². The van der Waals surface area contributed by atoms with Gasteiger partial charge in [-0.2, -0.15) is 5.10 Å². The molecule has 0 amide bonds. The molecule has 1 aromatic heterocycles. The zero-order chi connectivity index (χ0) is 12.7. The fraction of sp³-hybridized carbons (Fsp3) is 0.769. The van der Waals surface area contributed by atoms with Gasteiger partial charge in [-0.05, 0) is 39.8 Å². The third-order valence-electron chi connectivity index (χ3n) is 2.38. The number of ether oxygens (including phenoxy) is 1. The summed E-state index contributed by atoms with van der Waals surface area (Å²) >= 11 is 0. The average Bonchev–Trinajstić information content (AvgIpc) is 2.64. The molecule has 0 aliphatic heterocycles. The predicted octanol–water partition coefficient (Wildman–Crippen LogP) is 2.20. The van der Waals surface area contributed by atoms with Gasteiger partial charge < -0.3 is 10.1 Å². The van der Waals surface area contributed by atoms with E-state index in [-0.39, 0.29) is 5.60 Å². The first-order chi connectivity index (χ1) is 8.03. The molecule has 0 fully saturated rings. The van der Waals surface area contributed by atoms with Crippen LogP contribution >= 0.6 is 0 Å². The van der Waals surface area contributed by atoms with Gasteiger partial charge in [0.15, 0.2) is 0 Å². The molecule has 0 aromatic carbocycles. The number of hydrogen-bond acceptors (Lipinski definition) is 3. The lowest BCUT2D eigenvalue weighted by Gasteiger charge is -2.19. The smallest absolute Gasteiger partial charge is 0.0669 e. The second kappa shape index (κ2) is 6.77. The summed E-state index contributed by atoms with van der Waals surface area (Å²) in [6.07, 6.45) is 3.00. The van der Waals surface area contributed by atoms with E-state index >= 15 is 0 Å². The van der Waals surface area contributed by atoms with Crippen molar-refractivity contribution < 1.29 is 4.74 Å². The molecule has 0 radical (unpaired) electrons. The Bertz CT molecular complexity index is 315. The van der Waals surface area contributed by atoms with Crippen LogP contribution in [0.2, 0.25) is 0 Å². The standard InChI is InChI=1S/C13H25N3O/c1-5-7-14-11-12-6-8-15-16(12)9-10-17-13(2,3)4/h6,8,14H,5,7,9-11H2,1-4H3. The van der Waals surface area contributed by atoms with Gasteiger partial charge in [0.1, 0.15) is 0 Å². The molecular formula is C13H25N3O. The zero-order valence-electron chi connectivity index (χ0n) is 11.5. The molecule has 17 heavy (non-hydrogen) atoms. The van der Waals surface area contributed by atoms with E-state index in [4.69, 9.17) is 4.74 Å². The molecule has 1 N–H and O–H groups in total. The lowest BCUT2D eigenvalue weighted by Crippen LogP contribution is -2.23. The Balaban J connectivity index is 2.35. The summed E-state index contributed by atoms with van der Waals surface area (Å²) in [5.41, 5.74) is 1.14. The molecule has 0 aliphatic rings. The van der Waals surface area contributed by atoms with Crippen LogP contribution in [0.25, 0.3) is 0 Å². The molecule has 0 unspecified atom stereocenters.